The molecule has 2 atom stereocenters. The van der Waals surface area contributed by atoms with Crippen molar-refractivity contribution in [1.29, 1.82) is 0 Å². The lowest BCUT2D eigenvalue weighted by atomic mass is 10.0. The number of halogens is 3. The Morgan fingerprint density at radius 3 is 2.36 bits per heavy atom. The smallest absolute Gasteiger partial charge is 0.391 e. The second-order valence-corrected chi connectivity index (χ2v) is 6.02. The highest BCUT2D eigenvalue weighted by atomic mass is 19.4. The van der Waals surface area contributed by atoms with E-state index in [0.29, 0.717) is 6.42 Å². The van der Waals surface area contributed by atoms with E-state index >= 15 is 0 Å². The summed E-state index contributed by atoms with van der Waals surface area (Å²) in [5.41, 5.74) is -0.0963. The van der Waals surface area contributed by atoms with Crippen LogP contribution in [0.2, 0.25) is 0 Å². The van der Waals surface area contributed by atoms with Gasteiger partial charge >= 0.3 is 6.18 Å². The zero-order valence-corrected chi connectivity index (χ0v) is 14.2. The highest BCUT2D eigenvalue weighted by Crippen LogP contribution is 2.30. The minimum atomic E-state index is -4.57. The molecule has 1 aromatic carbocycles. The summed E-state index contributed by atoms with van der Waals surface area (Å²) in [6, 6.07) is 9.70. The molecule has 0 fully saturated rings. The lowest BCUT2D eigenvalue weighted by Gasteiger charge is -2.22. The Morgan fingerprint density at radius 2 is 1.80 bits per heavy atom. The molecule has 1 aromatic heterocycles. The molecule has 25 heavy (non-hydrogen) atoms. The van der Waals surface area contributed by atoms with Gasteiger partial charge in [0, 0.05) is 26.6 Å². The Kier molecular flexibility index (Phi) is 5.84. The van der Waals surface area contributed by atoms with E-state index in [1.165, 1.54) is 4.90 Å². The molecular formula is C17H21F3N4O. The van der Waals surface area contributed by atoms with Gasteiger partial charge in [0.15, 0.2) is 5.69 Å². The molecule has 0 aliphatic rings. The summed E-state index contributed by atoms with van der Waals surface area (Å²) in [6.07, 6.45) is -5.01. The van der Waals surface area contributed by atoms with E-state index in [0.717, 1.165) is 11.6 Å². The molecule has 0 bridgehead atoms. The van der Waals surface area contributed by atoms with Crippen LogP contribution >= 0.6 is 0 Å². The first-order chi connectivity index (χ1) is 11.7. The van der Waals surface area contributed by atoms with Crippen molar-refractivity contribution in [3.63, 3.8) is 0 Å². The summed E-state index contributed by atoms with van der Waals surface area (Å²) < 4.78 is 39.0. The van der Waals surface area contributed by atoms with Crippen LogP contribution in [0, 0.1) is 0 Å². The van der Waals surface area contributed by atoms with Crippen LogP contribution in [0.4, 0.5) is 24.9 Å². The molecule has 8 heteroatoms. The van der Waals surface area contributed by atoms with Crippen molar-refractivity contribution >= 4 is 11.8 Å². The molecule has 0 amide bonds. The number of aromatic nitrogens is 2. The third-order valence-electron chi connectivity index (χ3n) is 3.68. The lowest BCUT2D eigenvalue weighted by Crippen LogP contribution is -2.33. The fourth-order valence-corrected chi connectivity index (χ4v) is 2.21. The molecule has 5 nitrogen and oxygen atoms in total. The van der Waals surface area contributed by atoms with Gasteiger partial charge in [0.1, 0.15) is 5.82 Å². The number of aliphatic hydroxyl groups excluding tert-OH is 1. The fourth-order valence-electron chi connectivity index (χ4n) is 2.21. The molecule has 0 saturated carbocycles. The van der Waals surface area contributed by atoms with Crippen LogP contribution in [0.15, 0.2) is 36.4 Å². The zero-order valence-electron chi connectivity index (χ0n) is 14.2. The van der Waals surface area contributed by atoms with E-state index in [-0.39, 0.29) is 11.8 Å². The molecule has 136 valence electrons. The predicted molar refractivity (Wildman–Crippen MR) is 90.6 cm³/mol. The summed E-state index contributed by atoms with van der Waals surface area (Å²) in [4.78, 5) is 9.07. The molecule has 0 aliphatic heterocycles. The normalized spacial score (nSPS) is 14.0. The van der Waals surface area contributed by atoms with Gasteiger partial charge in [-0.2, -0.15) is 18.2 Å². The van der Waals surface area contributed by atoms with Crippen molar-refractivity contribution in [1.82, 2.24) is 9.97 Å². The number of anilines is 2. The van der Waals surface area contributed by atoms with E-state index in [4.69, 9.17) is 0 Å². The van der Waals surface area contributed by atoms with Crippen LogP contribution in [0.25, 0.3) is 0 Å². The zero-order chi connectivity index (χ0) is 18.6. The molecular weight excluding hydrogens is 333 g/mol. The predicted octanol–water partition coefficient (Wildman–Crippen LogP) is 2.97. The van der Waals surface area contributed by atoms with Gasteiger partial charge in [-0.25, -0.2) is 4.98 Å². The number of alkyl halides is 3. The topological polar surface area (TPSA) is 61.3 Å². The number of nitrogens with zero attached hydrogens (tertiary/aromatic N) is 3. The SMILES string of the molecule is CC(Nc1nc(N(C)C)cc(C(F)(F)F)n1)C(O)Cc1ccccc1. The maximum Gasteiger partial charge on any atom is 0.433 e. The first-order valence-electron chi connectivity index (χ1n) is 7.79. The molecule has 0 aliphatic carbocycles. The Labute approximate surface area is 144 Å². The maximum absolute atomic E-state index is 13.0. The molecule has 1 heterocycles. The molecule has 2 unspecified atom stereocenters. The Bertz CT molecular complexity index is 692. The van der Waals surface area contributed by atoms with Crippen molar-refractivity contribution in [2.24, 2.45) is 0 Å². The highest BCUT2D eigenvalue weighted by Gasteiger charge is 2.34. The van der Waals surface area contributed by atoms with Crippen LogP contribution in [0.5, 0.6) is 0 Å². The van der Waals surface area contributed by atoms with Gasteiger partial charge in [0.2, 0.25) is 5.95 Å². The maximum atomic E-state index is 13.0. The summed E-state index contributed by atoms with van der Waals surface area (Å²) in [6.45, 7) is 1.67. The van der Waals surface area contributed by atoms with Crippen LogP contribution in [-0.4, -0.2) is 41.3 Å². The van der Waals surface area contributed by atoms with Gasteiger partial charge in [0.05, 0.1) is 12.1 Å². The molecule has 0 saturated heterocycles. The molecule has 2 N–H and O–H groups in total. The second kappa shape index (κ2) is 7.69. The van der Waals surface area contributed by atoms with Gasteiger partial charge in [-0.05, 0) is 12.5 Å². The minimum Gasteiger partial charge on any atom is -0.391 e. The first kappa shape index (κ1) is 19.0. The van der Waals surface area contributed by atoms with Crippen molar-refractivity contribution in [2.45, 2.75) is 31.7 Å². The largest absolute Gasteiger partial charge is 0.433 e. The van der Waals surface area contributed by atoms with E-state index in [2.05, 4.69) is 15.3 Å². The summed E-state index contributed by atoms with van der Waals surface area (Å²) in [7, 11) is 3.19. The van der Waals surface area contributed by atoms with Crippen LogP contribution < -0.4 is 10.2 Å². The van der Waals surface area contributed by atoms with E-state index < -0.39 is 24.0 Å². The minimum absolute atomic E-state index is 0.134. The van der Waals surface area contributed by atoms with Crippen LogP contribution in [-0.2, 0) is 12.6 Å². The van der Waals surface area contributed by atoms with Crippen molar-refractivity contribution in [3.05, 3.63) is 47.7 Å². The monoisotopic (exact) mass is 354 g/mol. The summed E-state index contributed by atoms with van der Waals surface area (Å²) >= 11 is 0. The number of aliphatic hydroxyl groups is 1. The summed E-state index contributed by atoms with van der Waals surface area (Å²) in [5, 5.41) is 13.1. The van der Waals surface area contributed by atoms with Gasteiger partial charge in [-0.1, -0.05) is 30.3 Å². The standard InChI is InChI=1S/C17H21F3N4O/c1-11(13(25)9-12-7-5-4-6-8-12)21-16-22-14(17(18,19)20)10-15(23-16)24(2)3/h4-8,10-11,13,25H,9H2,1-3H3,(H,21,22,23). The van der Waals surface area contributed by atoms with Crippen molar-refractivity contribution in [3.8, 4) is 0 Å². The van der Waals surface area contributed by atoms with E-state index in [1.54, 1.807) is 21.0 Å². The number of rotatable bonds is 6. The molecule has 0 spiro atoms. The Balaban J connectivity index is 2.16. The molecule has 2 rings (SSSR count). The quantitative estimate of drug-likeness (QED) is 0.835. The number of hydrogen-bond donors (Lipinski definition) is 2. The average Bonchev–Trinajstić information content (AvgIpc) is 2.54. The second-order valence-electron chi connectivity index (χ2n) is 6.02. The van der Waals surface area contributed by atoms with Crippen LogP contribution in [0.1, 0.15) is 18.2 Å². The van der Waals surface area contributed by atoms with Crippen molar-refractivity contribution in [2.75, 3.05) is 24.3 Å². The Morgan fingerprint density at radius 1 is 1.16 bits per heavy atom. The number of hydrogen-bond acceptors (Lipinski definition) is 5. The van der Waals surface area contributed by atoms with Gasteiger partial charge in [0.25, 0.3) is 0 Å². The van der Waals surface area contributed by atoms with Gasteiger partial charge in [-0.15, -0.1) is 0 Å². The van der Waals surface area contributed by atoms with E-state index in [1.807, 2.05) is 30.3 Å². The molecule has 2 aromatic rings. The number of nitrogens with one attached hydrogen (secondary N) is 1. The van der Waals surface area contributed by atoms with Crippen molar-refractivity contribution < 1.29 is 18.3 Å². The number of benzene rings is 1. The third kappa shape index (κ3) is 5.32. The van der Waals surface area contributed by atoms with E-state index in [9.17, 15) is 18.3 Å². The fraction of sp³-hybridized carbons (Fsp3) is 0.412. The van der Waals surface area contributed by atoms with Gasteiger partial charge < -0.3 is 15.3 Å². The Hall–Kier alpha value is -2.35. The first-order valence-corrected chi connectivity index (χ1v) is 7.79. The van der Waals surface area contributed by atoms with Crippen LogP contribution in [0.3, 0.4) is 0 Å². The lowest BCUT2D eigenvalue weighted by molar-refractivity contribution is -0.141. The highest BCUT2D eigenvalue weighted by molar-refractivity contribution is 5.44. The molecule has 0 radical (unpaired) electrons. The third-order valence-corrected chi connectivity index (χ3v) is 3.68. The summed E-state index contributed by atoms with van der Waals surface area (Å²) in [5.74, 6) is -0.0345. The van der Waals surface area contributed by atoms with Gasteiger partial charge in [-0.3, -0.25) is 0 Å². The average molecular weight is 354 g/mol.